The van der Waals surface area contributed by atoms with Crippen molar-refractivity contribution in [3.63, 3.8) is 0 Å². The number of anilines is 1. The summed E-state index contributed by atoms with van der Waals surface area (Å²) in [6, 6.07) is 8.38. The molecule has 1 fully saturated rings. The second kappa shape index (κ2) is 6.70. The van der Waals surface area contributed by atoms with Gasteiger partial charge in [0.05, 0.1) is 12.2 Å². The lowest BCUT2D eigenvalue weighted by molar-refractivity contribution is 0.237. The largest absolute Gasteiger partial charge is 0.490 e. The molecule has 0 atom stereocenters. The van der Waals surface area contributed by atoms with Gasteiger partial charge in [0.2, 0.25) is 0 Å². The lowest BCUT2D eigenvalue weighted by Crippen LogP contribution is -2.44. The molecule has 0 spiro atoms. The molecule has 2 amide bonds. The number of hydrogen-bond acceptors (Lipinski definition) is 3. The normalized spacial score (nSPS) is 18.0. The molecule has 1 aromatic rings. The van der Waals surface area contributed by atoms with Crippen LogP contribution in [0.5, 0.6) is 5.75 Å². The number of urea groups is 1. The maximum Gasteiger partial charge on any atom is 0.315 e. The Bertz CT molecular complexity index is 486. The van der Waals surface area contributed by atoms with Crippen molar-refractivity contribution in [1.29, 1.82) is 0 Å². The maximum absolute atomic E-state index is 11.8. The predicted octanol–water partition coefficient (Wildman–Crippen LogP) is 2.13. The minimum atomic E-state index is -0.0385. The average molecular weight is 289 g/mol. The number of carbonyl (C=O) groups is 1. The summed E-state index contributed by atoms with van der Waals surface area (Å²) in [4.78, 5) is 14.1. The second-order valence-electron chi connectivity index (χ2n) is 5.68. The van der Waals surface area contributed by atoms with Gasteiger partial charge in [-0.1, -0.05) is 25.0 Å². The van der Waals surface area contributed by atoms with Crippen LogP contribution in [-0.2, 0) is 0 Å². The van der Waals surface area contributed by atoms with Gasteiger partial charge in [0.1, 0.15) is 12.4 Å². The second-order valence-corrected chi connectivity index (χ2v) is 5.68. The molecule has 21 heavy (non-hydrogen) atoms. The van der Waals surface area contributed by atoms with E-state index < -0.39 is 0 Å². The van der Waals surface area contributed by atoms with Gasteiger partial charge in [-0.3, -0.25) is 0 Å². The molecule has 1 heterocycles. The highest BCUT2D eigenvalue weighted by Gasteiger charge is 2.18. The fraction of sp³-hybridized carbons (Fsp3) is 0.562. The van der Waals surface area contributed by atoms with Crippen molar-refractivity contribution in [1.82, 2.24) is 10.6 Å². The van der Waals surface area contributed by atoms with Crippen molar-refractivity contribution in [2.24, 2.45) is 0 Å². The Morgan fingerprint density at radius 3 is 2.95 bits per heavy atom. The van der Waals surface area contributed by atoms with Crippen molar-refractivity contribution in [3.05, 3.63) is 24.3 Å². The number of nitrogens with zero attached hydrogens (tertiary/aromatic N) is 1. The highest BCUT2D eigenvalue weighted by molar-refractivity contribution is 5.74. The molecule has 0 saturated heterocycles. The van der Waals surface area contributed by atoms with Gasteiger partial charge in [-0.25, -0.2) is 4.79 Å². The Hall–Kier alpha value is -1.91. The minimum absolute atomic E-state index is 0.0385. The Kier molecular flexibility index (Phi) is 4.48. The summed E-state index contributed by atoms with van der Waals surface area (Å²) in [6.07, 6.45) is 4.69. The highest BCUT2D eigenvalue weighted by Crippen LogP contribution is 2.30. The molecular formula is C16H23N3O2. The number of benzene rings is 1. The van der Waals surface area contributed by atoms with E-state index in [0.29, 0.717) is 19.2 Å². The number of para-hydroxylation sites is 2. The maximum atomic E-state index is 11.8. The van der Waals surface area contributed by atoms with Crippen LogP contribution < -0.4 is 20.3 Å². The Balaban J connectivity index is 1.44. The summed E-state index contributed by atoms with van der Waals surface area (Å²) in [5, 5.41) is 6.00. The number of ether oxygens (including phenoxy) is 1. The number of carbonyl (C=O) groups excluding carboxylic acids is 1. The highest BCUT2D eigenvalue weighted by atomic mass is 16.5. The predicted molar refractivity (Wildman–Crippen MR) is 82.9 cm³/mol. The van der Waals surface area contributed by atoms with Crippen molar-refractivity contribution < 1.29 is 9.53 Å². The van der Waals surface area contributed by atoms with Crippen LogP contribution in [0.25, 0.3) is 0 Å². The van der Waals surface area contributed by atoms with E-state index in [1.54, 1.807) is 0 Å². The molecule has 1 saturated carbocycles. The lowest BCUT2D eigenvalue weighted by atomic mass is 10.2. The first-order valence-corrected chi connectivity index (χ1v) is 7.84. The first-order chi connectivity index (χ1) is 10.3. The number of rotatable bonds is 4. The Morgan fingerprint density at radius 1 is 1.29 bits per heavy atom. The number of hydrogen-bond donors (Lipinski definition) is 2. The molecular weight excluding hydrogens is 266 g/mol. The lowest BCUT2D eigenvalue weighted by Gasteiger charge is -2.31. The zero-order chi connectivity index (χ0) is 14.5. The summed E-state index contributed by atoms with van der Waals surface area (Å²) in [5.41, 5.74) is 1.11. The molecule has 114 valence electrons. The van der Waals surface area contributed by atoms with Crippen molar-refractivity contribution in [2.45, 2.75) is 31.7 Å². The third kappa shape index (κ3) is 3.60. The third-order valence-electron chi connectivity index (χ3n) is 4.18. The first-order valence-electron chi connectivity index (χ1n) is 7.84. The zero-order valence-electron chi connectivity index (χ0n) is 12.3. The standard InChI is InChI=1S/C16H23N3O2/c20-16(18-13-5-1-2-6-13)17-9-10-19-11-12-21-15-8-4-3-7-14(15)19/h3-4,7-8,13H,1-2,5-6,9-12H2,(H2,17,18,20). The molecule has 2 aliphatic rings. The molecule has 0 bridgehead atoms. The molecule has 5 heteroatoms. The van der Waals surface area contributed by atoms with Crippen LogP contribution in [0.4, 0.5) is 10.5 Å². The van der Waals surface area contributed by atoms with E-state index in [4.69, 9.17) is 4.74 Å². The van der Waals surface area contributed by atoms with Gasteiger partial charge in [-0.2, -0.15) is 0 Å². The van der Waals surface area contributed by atoms with Crippen LogP contribution in [0.2, 0.25) is 0 Å². The zero-order valence-corrected chi connectivity index (χ0v) is 12.3. The summed E-state index contributed by atoms with van der Waals surface area (Å²) < 4.78 is 5.63. The molecule has 3 rings (SSSR count). The molecule has 0 aromatic heterocycles. The smallest absolute Gasteiger partial charge is 0.315 e. The van der Waals surface area contributed by atoms with Crippen LogP contribution in [0, 0.1) is 0 Å². The van der Waals surface area contributed by atoms with Crippen LogP contribution in [-0.4, -0.2) is 38.3 Å². The topological polar surface area (TPSA) is 53.6 Å². The van der Waals surface area contributed by atoms with Crippen LogP contribution in [0.15, 0.2) is 24.3 Å². The van der Waals surface area contributed by atoms with Gasteiger partial charge < -0.3 is 20.3 Å². The van der Waals surface area contributed by atoms with E-state index in [-0.39, 0.29) is 6.03 Å². The quantitative estimate of drug-likeness (QED) is 0.893. The SMILES string of the molecule is O=C(NCCN1CCOc2ccccc21)NC1CCCC1. The van der Waals surface area contributed by atoms with Crippen LogP contribution >= 0.6 is 0 Å². The monoisotopic (exact) mass is 289 g/mol. The molecule has 1 aliphatic carbocycles. The van der Waals surface area contributed by atoms with Crippen molar-refractivity contribution >= 4 is 11.7 Å². The fourth-order valence-electron chi connectivity index (χ4n) is 3.07. The summed E-state index contributed by atoms with van der Waals surface area (Å²) >= 11 is 0. The number of fused-ring (bicyclic) bond motifs is 1. The number of amides is 2. The Labute approximate surface area is 125 Å². The van der Waals surface area contributed by atoms with Gasteiger partial charge in [0.25, 0.3) is 0 Å². The number of nitrogens with one attached hydrogen (secondary N) is 2. The van der Waals surface area contributed by atoms with E-state index in [9.17, 15) is 4.79 Å². The summed E-state index contributed by atoms with van der Waals surface area (Å²) in [7, 11) is 0. The summed E-state index contributed by atoms with van der Waals surface area (Å²) in [6.45, 7) is 3.01. The van der Waals surface area contributed by atoms with Gasteiger partial charge in [-0.05, 0) is 25.0 Å². The minimum Gasteiger partial charge on any atom is -0.490 e. The van der Waals surface area contributed by atoms with E-state index in [1.165, 1.54) is 12.8 Å². The molecule has 0 unspecified atom stereocenters. The molecule has 5 nitrogen and oxygen atoms in total. The van der Waals surface area contributed by atoms with Gasteiger partial charge in [-0.15, -0.1) is 0 Å². The molecule has 0 radical (unpaired) electrons. The van der Waals surface area contributed by atoms with Gasteiger partial charge >= 0.3 is 6.03 Å². The van der Waals surface area contributed by atoms with Crippen LogP contribution in [0.1, 0.15) is 25.7 Å². The van der Waals surface area contributed by atoms with E-state index >= 15 is 0 Å². The fourth-order valence-corrected chi connectivity index (χ4v) is 3.07. The van der Waals surface area contributed by atoms with Crippen molar-refractivity contribution in [3.8, 4) is 5.75 Å². The van der Waals surface area contributed by atoms with E-state index in [1.807, 2.05) is 18.2 Å². The third-order valence-corrected chi connectivity index (χ3v) is 4.18. The molecule has 1 aliphatic heterocycles. The summed E-state index contributed by atoms with van der Waals surface area (Å²) in [5.74, 6) is 0.930. The van der Waals surface area contributed by atoms with E-state index in [2.05, 4.69) is 21.6 Å². The van der Waals surface area contributed by atoms with E-state index in [0.717, 1.165) is 37.4 Å². The Morgan fingerprint density at radius 2 is 2.10 bits per heavy atom. The first kappa shape index (κ1) is 14.0. The average Bonchev–Trinajstić information content (AvgIpc) is 3.00. The van der Waals surface area contributed by atoms with Crippen LogP contribution in [0.3, 0.4) is 0 Å². The van der Waals surface area contributed by atoms with Gasteiger partial charge in [0, 0.05) is 19.1 Å². The molecule has 2 N–H and O–H groups in total. The van der Waals surface area contributed by atoms with Gasteiger partial charge in [0.15, 0.2) is 0 Å². The van der Waals surface area contributed by atoms with Crippen molar-refractivity contribution in [2.75, 3.05) is 31.1 Å². The molecule has 1 aromatic carbocycles.